The van der Waals surface area contributed by atoms with Crippen LogP contribution >= 0.6 is 0 Å². The monoisotopic (exact) mass is 276 g/mol. The van der Waals surface area contributed by atoms with E-state index in [2.05, 4.69) is 20.5 Å². The molecule has 0 spiro atoms. The third kappa shape index (κ3) is 4.81. The predicted octanol–water partition coefficient (Wildman–Crippen LogP) is 1.34. The van der Waals surface area contributed by atoms with E-state index in [0.717, 1.165) is 38.5 Å². The summed E-state index contributed by atoms with van der Waals surface area (Å²) in [5.74, 6) is 1.74. The van der Waals surface area contributed by atoms with E-state index >= 15 is 0 Å². The molecule has 1 amide bonds. The number of rotatable bonds is 7. The topological polar surface area (TPSA) is 57.3 Å². The number of hydrogen-bond acceptors (Lipinski definition) is 4. The van der Waals surface area contributed by atoms with Crippen LogP contribution in [0.25, 0.3) is 0 Å². The van der Waals surface area contributed by atoms with Crippen LogP contribution in [0.4, 0.5) is 5.82 Å². The van der Waals surface area contributed by atoms with Gasteiger partial charge in [0.05, 0.1) is 0 Å². The second-order valence-corrected chi connectivity index (χ2v) is 5.25. The normalized spacial score (nSPS) is 18.9. The molecule has 1 saturated heterocycles. The minimum absolute atomic E-state index is 0.155. The second-order valence-electron chi connectivity index (χ2n) is 5.25. The van der Waals surface area contributed by atoms with Gasteiger partial charge >= 0.3 is 0 Å². The number of anilines is 1. The molecule has 1 aliphatic rings. The fourth-order valence-electron chi connectivity index (χ4n) is 2.54. The van der Waals surface area contributed by atoms with Crippen LogP contribution in [-0.2, 0) is 4.79 Å². The fraction of sp³-hybridized carbons (Fsp3) is 0.600. The molecule has 0 saturated carbocycles. The molecule has 0 aromatic carbocycles. The second kappa shape index (κ2) is 7.85. The predicted molar refractivity (Wildman–Crippen MR) is 80.6 cm³/mol. The van der Waals surface area contributed by atoms with Crippen molar-refractivity contribution < 1.29 is 4.79 Å². The fourth-order valence-corrected chi connectivity index (χ4v) is 2.54. The SMILES string of the molecule is CCNC(=O)CCN1CCC(CNc2ccccn2)C1. The molecule has 0 bridgehead atoms. The summed E-state index contributed by atoms with van der Waals surface area (Å²) in [5.41, 5.74) is 0. The zero-order valence-corrected chi connectivity index (χ0v) is 12.1. The molecule has 1 aromatic rings. The molecule has 2 rings (SSSR count). The first-order valence-corrected chi connectivity index (χ1v) is 7.42. The third-order valence-corrected chi connectivity index (χ3v) is 3.64. The van der Waals surface area contributed by atoms with Crippen molar-refractivity contribution in [3.8, 4) is 0 Å². The molecule has 110 valence electrons. The van der Waals surface area contributed by atoms with Crippen molar-refractivity contribution in [2.75, 3.05) is 38.0 Å². The summed E-state index contributed by atoms with van der Waals surface area (Å²) in [7, 11) is 0. The van der Waals surface area contributed by atoms with Gasteiger partial charge in [0.2, 0.25) is 5.91 Å². The van der Waals surface area contributed by atoms with Gasteiger partial charge in [-0.2, -0.15) is 0 Å². The summed E-state index contributed by atoms with van der Waals surface area (Å²) < 4.78 is 0. The minimum Gasteiger partial charge on any atom is -0.370 e. The molecular formula is C15H24N4O. The van der Waals surface area contributed by atoms with Gasteiger partial charge < -0.3 is 15.5 Å². The van der Waals surface area contributed by atoms with Gasteiger partial charge in [-0.25, -0.2) is 4.98 Å². The Balaban J connectivity index is 1.64. The number of amides is 1. The summed E-state index contributed by atoms with van der Waals surface area (Å²) in [6, 6.07) is 5.90. The Bertz CT molecular complexity index is 410. The van der Waals surface area contributed by atoms with Crippen LogP contribution in [0.5, 0.6) is 0 Å². The standard InChI is InChI=1S/C15H24N4O/c1-2-16-15(20)7-10-19-9-6-13(12-19)11-18-14-5-3-4-8-17-14/h3-5,8,13H,2,6-7,9-12H2,1H3,(H,16,20)(H,17,18). The Kier molecular flexibility index (Phi) is 5.80. The van der Waals surface area contributed by atoms with Crippen molar-refractivity contribution in [3.05, 3.63) is 24.4 Å². The highest BCUT2D eigenvalue weighted by Crippen LogP contribution is 2.16. The zero-order chi connectivity index (χ0) is 14.2. The van der Waals surface area contributed by atoms with Gasteiger partial charge in [0.25, 0.3) is 0 Å². The highest BCUT2D eigenvalue weighted by atomic mass is 16.1. The van der Waals surface area contributed by atoms with E-state index in [9.17, 15) is 4.79 Å². The molecule has 1 aliphatic heterocycles. The highest BCUT2D eigenvalue weighted by Gasteiger charge is 2.22. The van der Waals surface area contributed by atoms with Crippen LogP contribution in [0.1, 0.15) is 19.8 Å². The molecule has 1 fully saturated rings. The molecule has 1 unspecified atom stereocenters. The summed E-state index contributed by atoms with van der Waals surface area (Å²) >= 11 is 0. The van der Waals surface area contributed by atoms with Crippen LogP contribution in [0, 0.1) is 5.92 Å². The molecule has 1 aromatic heterocycles. The lowest BCUT2D eigenvalue weighted by Crippen LogP contribution is -2.30. The van der Waals surface area contributed by atoms with E-state index in [1.54, 1.807) is 6.20 Å². The lowest BCUT2D eigenvalue weighted by Gasteiger charge is -2.16. The van der Waals surface area contributed by atoms with Crippen LogP contribution in [0.2, 0.25) is 0 Å². The van der Waals surface area contributed by atoms with E-state index in [1.807, 2.05) is 25.1 Å². The number of nitrogens with zero attached hydrogens (tertiary/aromatic N) is 2. The molecular weight excluding hydrogens is 252 g/mol. The molecule has 5 heteroatoms. The quantitative estimate of drug-likeness (QED) is 0.789. The molecule has 1 atom stereocenters. The van der Waals surface area contributed by atoms with Crippen LogP contribution in [0.15, 0.2) is 24.4 Å². The van der Waals surface area contributed by atoms with Crippen LogP contribution < -0.4 is 10.6 Å². The average molecular weight is 276 g/mol. The number of carbonyl (C=O) groups is 1. The maximum absolute atomic E-state index is 11.4. The molecule has 20 heavy (non-hydrogen) atoms. The third-order valence-electron chi connectivity index (χ3n) is 3.64. The van der Waals surface area contributed by atoms with Gasteiger partial charge in [0.15, 0.2) is 0 Å². The highest BCUT2D eigenvalue weighted by molar-refractivity contribution is 5.75. The number of nitrogens with one attached hydrogen (secondary N) is 2. The Morgan fingerprint density at radius 3 is 3.15 bits per heavy atom. The van der Waals surface area contributed by atoms with E-state index < -0.39 is 0 Å². The van der Waals surface area contributed by atoms with E-state index in [4.69, 9.17) is 0 Å². The first-order valence-electron chi connectivity index (χ1n) is 7.42. The minimum atomic E-state index is 0.155. The van der Waals surface area contributed by atoms with Crippen LogP contribution in [-0.4, -0.2) is 48.5 Å². The van der Waals surface area contributed by atoms with E-state index in [1.165, 1.54) is 6.42 Å². The lowest BCUT2D eigenvalue weighted by molar-refractivity contribution is -0.121. The van der Waals surface area contributed by atoms with E-state index in [-0.39, 0.29) is 5.91 Å². The van der Waals surface area contributed by atoms with Gasteiger partial charge in [-0.15, -0.1) is 0 Å². The molecule has 2 heterocycles. The first kappa shape index (κ1) is 14.8. The Morgan fingerprint density at radius 2 is 2.40 bits per heavy atom. The maximum Gasteiger partial charge on any atom is 0.221 e. The van der Waals surface area contributed by atoms with E-state index in [0.29, 0.717) is 12.3 Å². The summed E-state index contributed by atoms with van der Waals surface area (Å²) in [6.07, 6.45) is 3.60. The molecule has 0 radical (unpaired) electrons. The lowest BCUT2D eigenvalue weighted by atomic mass is 10.1. The van der Waals surface area contributed by atoms with Gasteiger partial charge in [0.1, 0.15) is 5.82 Å². The summed E-state index contributed by atoms with van der Waals surface area (Å²) in [4.78, 5) is 18.1. The summed E-state index contributed by atoms with van der Waals surface area (Å²) in [6.45, 7) is 6.65. The average Bonchev–Trinajstić information content (AvgIpc) is 2.92. The van der Waals surface area contributed by atoms with Gasteiger partial charge in [-0.1, -0.05) is 6.07 Å². The maximum atomic E-state index is 11.4. The molecule has 5 nitrogen and oxygen atoms in total. The van der Waals surface area contributed by atoms with Gasteiger partial charge in [-0.05, 0) is 37.9 Å². The van der Waals surface area contributed by atoms with Crippen molar-refractivity contribution in [3.63, 3.8) is 0 Å². The Morgan fingerprint density at radius 1 is 1.50 bits per heavy atom. The molecule has 0 aliphatic carbocycles. The van der Waals surface area contributed by atoms with Gasteiger partial charge in [0, 0.05) is 38.8 Å². The van der Waals surface area contributed by atoms with Crippen molar-refractivity contribution in [2.24, 2.45) is 5.92 Å². The zero-order valence-electron chi connectivity index (χ0n) is 12.1. The van der Waals surface area contributed by atoms with Gasteiger partial charge in [-0.3, -0.25) is 4.79 Å². The summed E-state index contributed by atoms with van der Waals surface area (Å²) in [5, 5.41) is 6.22. The van der Waals surface area contributed by atoms with Crippen molar-refractivity contribution in [1.29, 1.82) is 0 Å². The first-order chi connectivity index (χ1) is 9.78. The van der Waals surface area contributed by atoms with Crippen molar-refractivity contribution in [2.45, 2.75) is 19.8 Å². The van der Waals surface area contributed by atoms with Crippen LogP contribution in [0.3, 0.4) is 0 Å². The number of likely N-dealkylation sites (tertiary alicyclic amines) is 1. The van der Waals surface area contributed by atoms with Crippen molar-refractivity contribution in [1.82, 2.24) is 15.2 Å². The Labute approximate surface area is 120 Å². The molecule has 2 N–H and O–H groups in total. The number of aromatic nitrogens is 1. The number of carbonyl (C=O) groups excluding carboxylic acids is 1. The largest absolute Gasteiger partial charge is 0.370 e. The Hall–Kier alpha value is -1.62. The van der Waals surface area contributed by atoms with Crippen molar-refractivity contribution >= 4 is 11.7 Å². The number of pyridine rings is 1. The smallest absolute Gasteiger partial charge is 0.221 e. The number of hydrogen-bond donors (Lipinski definition) is 2.